The van der Waals surface area contributed by atoms with Gasteiger partial charge in [-0.05, 0) is 6.92 Å². The summed E-state index contributed by atoms with van der Waals surface area (Å²) in [6.07, 6.45) is 0. The van der Waals surface area contributed by atoms with Crippen LogP contribution in [0.3, 0.4) is 0 Å². The van der Waals surface area contributed by atoms with Gasteiger partial charge in [0.05, 0.1) is 0 Å². The average Bonchev–Trinajstić information content (AvgIpc) is 2.31. The number of Topliss-reactive ketones (excluding diaryl/α,β-unsaturated/α-hetero) is 1. The summed E-state index contributed by atoms with van der Waals surface area (Å²) in [6, 6.07) is 17.2. The first-order valence-electron chi connectivity index (χ1n) is 5.40. The van der Waals surface area contributed by atoms with E-state index in [1.807, 2.05) is 48.5 Å². The molecule has 0 atom stereocenters. The molecular weight excluding hydrogens is 297 g/mol. The van der Waals surface area contributed by atoms with Crippen molar-refractivity contribution in [1.82, 2.24) is 0 Å². The molecule has 0 N–H and O–H groups in total. The summed E-state index contributed by atoms with van der Waals surface area (Å²) >= 11 is 0. The molecule has 2 heteroatoms. The minimum Gasteiger partial charge on any atom is -0.309 e. The number of rotatable bonds is 1. The summed E-state index contributed by atoms with van der Waals surface area (Å²) in [5.74, 6) is 0.0746. The molecule has 0 amide bonds. The van der Waals surface area contributed by atoms with Gasteiger partial charge in [-0.3, -0.25) is 0 Å². The van der Waals surface area contributed by atoms with Gasteiger partial charge in [-0.15, -0.1) is 24.3 Å². The van der Waals surface area contributed by atoms with Gasteiger partial charge in [0.15, 0.2) is 0 Å². The molecule has 0 aliphatic rings. The molecule has 0 bridgehead atoms. The average molecular weight is 313 g/mol. The summed E-state index contributed by atoms with van der Waals surface area (Å²) < 4.78 is 0. The van der Waals surface area contributed by atoms with E-state index in [9.17, 15) is 4.79 Å². The Bertz CT molecular complexity index is 477. The van der Waals surface area contributed by atoms with Crippen LogP contribution >= 0.6 is 0 Å². The zero-order chi connectivity index (χ0) is 12.7. The Hall–Kier alpha value is -1.05. The standard InChI is InChI=1S/C9H9O.C7H7.Y/c1-7-5-3-4-6-9(7)8(2)10;1-7-5-3-2-4-6-7;/h3-6H,1H2,2H3;2-6H,1H2;/q2*-1;. The third kappa shape index (κ3) is 6.04. The number of hydrogen-bond donors (Lipinski definition) is 0. The quantitative estimate of drug-likeness (QED) is 0.576. The van der Waals surface area contributed by atoms with Crippen LogP contribution in [0.1, 0.15) is 28.4 Å². The number of benzene rings is 2. The molecule has 0 heterocycles. The molecule has 2 aromatic carbocycles. The Kier molecular flexibility index (Phi) is 8.44. The Morgan fingerprint density at radius 1 is 0.889 bits per heavy atom. The predicted molar refractivity (Wildman–Crippen MR) is 71.8 cm³/mol. The van der Waals surface area contributed by atoms with Crippen molar-refractivity contribution in [2.75, 3.05) is 0 Å². The normalized spacial score (nSPS) is 8.50. The van der Waals surface area contributed by atoms with Crippen molar-refractivity contribution in [2.45, 2.75) is 6.92 Å². The molecule has 0 fully saturated rings. The van der Waals surface area contributed by atoms with Gasteiger partial charge < -0.3 is 4.79 Å². The minimum absolute atomic E-state index is 0. The number of ketones is 1. The van der Waals surface area contributed by atoms with Crippen molar-refractivity contribution in [3.05, 3.63) is 85.1 Å². The number of hydrogen-bond acceptors (Lipinski definition) is 1. The molecule has 0 aliphatic carbocycles. The van der Waals surface area contributed by atoms with Crippen LogP contribution in [0.5, 0.6) is 0 Å². The van der Waals surface area contributed by atoms with E-state index >= 15 is 0 Å². The Morgan fingerprint density at radius 3 is 1.72 bits per heavy atom. The largest absolute Gasteiger partial charge is 0.309 e. The van der Waals surface area contributed by atoms with Crippen LogP contribution in [0.2, 0.25) is 0 Å². The maximum absolute atomic E-state index is 10.8. The summed E-state index contributed by atoms with van der Waals surface area (Å²) in [7, 11) is 0. The minimum atomic E-state index is 0. The molecule has 2 aromatic rings. The van der Waals surface area contributed by atoms with E-state index in [1.54, 1.807) is 13.0 Å². The van der Waals surface area contributed by atoms with E-state index in [2.05, 4.69) is 13.8 Å². The summed E-state index contributed by atoms with van der Waals surface area (Å²) in [5.41, 5.74) is 2.58. The fraction of sp³-hybridized carbons (Fsp3) is 0.0625. The van der Waals surface area contributed by atoms with Gasteiger partial charge in [0.2, 0.25) is 0 Å². The van der Waals surface area contributed by atoms with Crippen molar-refractivity contribution in [3.8, 4) is 0 Å². The maximum Gasteiger partial charge on any atom is 0.106 e. The van der Waals surface area contributed by atoms with Crippen LogP contribution in [0, 0.1) is 13.8 Å². The van der Waals surface area contributed by atoms with E-state index in [4.69, 9.17) is 0 Å². The summed E-state index contributed by atoms with van der Waals surface area (Å²) in [6.45, 7) is 8.99. The second-order valence-electron chi connectivity index (χ2n) is 3.70. The van der Waals surface area contributed by atoms with Gasteiger partial charge in [-0.25, -0.2) is 0 Å². The van der Waals surface area contributed by atoms with Gasteiger partial charge in [0.25, 0.3) is 0 Å². The van der Waals surface area contributed by atoms with Crippen LogP contribution < -0.4 is 0 Å². The molecule has 0 aromatic heterocycles. The Morgan fingerprint density at radius 2 is 1.39 bits per heavy atom. The Labute approximate surface area is 134 Å². The van der Waals surface area contributed by atoms with E-state index in [-0.39, 0.29) is 38.5 Å². The predicted octanol–water partition coefficient (Wildman–Crippen LogP) is 3.94. The molecule has 1 nitrogen and oxygen atoms in total. The molecule has 0 unspecified atom stereocenters. The Balaban J connectivity index is 0.000000321. The monoisotopic (exact) mass is 313 g/mol. The van der Waals surface area contributed by atoms with Gasteiger partial charge in [-0.2, -0.15) is 43.2 Å². The fourth-order valence-electron chi connectivity index (χ4n) is 1.34. The third-order valence-corrected chi connectivity index (χ3v) is 2.24. The number of carbonyl (C=O) groups excluding carboxylic acids is 1. The van der Waals surface area contributed by atoms with Crippen LogP contribution in [0.25, 0.3) is 0 Å². The number of carbonyl (C=O) groups is 1. The molecule has 0 aliphatic heterocycles. The SMILES string of the molecule is [CH2-]c1ccccc1.[CH2-]c1ccccc1C(C)=O.[Y]. The second kappa shape index (κ2) is 8.96. The van der Waals surface area contributed by atoms with Gasteiger partial charge >= 0.3 is 0 Å². The molecule has 0 spiro atoms. The van der Waals surface area contributed by atoms with Crippen molar-refractivity contribution in [1.29, 1.82) is 0 Å². The van der Waals surface area contributed by atoms with Crippen molar-refractivity contribution in [3.63, 3.8) is 0 Å². The van der Waals surface area contributed by atoms with E-state index in [0.717, 1.165) is 11.1 Å². The third-order valence-electron chi connectivity index (χ3n) is 2.24. The first kappa shape index (κ1) is 17.0. The first-order chi connectivity index (χ1) is 8.11. The zero-order valence-electron chi connectivity index (χ0n) is 10.6. The molecular formula is C16H16OY-2. The van der Waals surface area contributed by atoms with Crippen molar-refractivity contribution >= 4 is 5.78 Å². The maximum atomic E-state index is 10.8. The van der Waals surface area contributed by atoms with Crippen molar-refractivity contribution in [2.24, 2.45) is 0 Å². The molecule has 2 rings (SSSR count). The second-order valence-corrected chi connectivity index (χ2v) is 3.70. The van der Waals surface area contributed by atoms with Gasteiger partial charge in [-0.1, -0.05) is 17.7 Å². The molecule has 0 saturated carbocycles. The van der Waals surface area contributed by atoms with Gasteiger partial charge in [0, 0.05) is 32.7 Å². The molecule has 1 radical (unpaired) electrons. The van der Waals surface area contributed by atoms with E-state index in [1.165, 1.54) is 0 Å². The van der Waals surface area contributed by atoms with Gasteiger partial charge in [0.1, 0.15) is 5.78 Å². The molecule has 18 heavy (non-hydrogen) atoms. The topological polar surface area (TPSA) is 17.1 Å². The molecule has 0 saturated heterocycles. The zero-order valence-corrected chi connectivity index (χ0v) is 13.4. The van der Waals surface area contributed by atoms with Crippen LogP contribution in [-0.2, 0) is 32.7 Å². The van der Waals surface area contributed by atoms with Crippen molar-refractivity contribution < 1.29 is 37.5 Å². The summed E-state index contributed by atoms with van der Waals surface area (Å²) in [5, 5.41) is 0. The van der Waals surface area contributed by atoms with Crippen LogP contribution in [0.4, 0.5) is 0 Å². The fourth-order valence-corrected chi connectivity index (χ4v) is 1.34. The van der Waals surface area contributed by atoms with Crippen LogP contribution in [0.15, 0.2) is 54.6 Å². The van der Waals surface area contributed by atoms with E-state index in [0.29, 0.717) is 5.56 Å². The smallest absolute Gasteiger partial charge is 0.106 e. The van der Waals surface area contributed by atoms with E-state index < -0.39 is 0 Å². The molecule has 91 valence electrons. The first-order valence-corrected chi connectivity index (χ1v) is 5.40. The summed E-state index contributed by atoms with van der Waals surface area (Å²) in [4.78, 5) is 10.8. The van der Waals surface area contributed by atoms with Crippen LogP contribution in [-0.4, -0.2) is 5.78 Å².